The van der Waals surface area contributed by atoms with Crippen molar-refractivity contribution in [2.75, 3.05) is 17.7 Å². The number of aryl methyl sites for hydroxylation is 1. The molecule has 0 bridgehead atoms. The highest BCUT2D eigenvalue weighted by Crippen LogP contribution is 2.17. The molecule has 0 radical (unpaired) electrons. The van der Waals surface area contributed by atoms with Crippen LogP contribution in [0.2, 0.25) is 0 Å². The maximum Gasteiger partial charge on any atom is 0.259 e. The van der Waals surface area contributed by atoms with Gasteiger partial charge in [-0.3, -0.25) is 14.8 Å². The van der Waals surface area contributed by atoms with Gasteiger partial charge in [-0.25, -0.2) is 0 Å². The largest absolute Gasteiger partial charge is 0.397 e. The van der Waals surface area contributed by atoms with Gasteiger partial charge in [-0.2, -0.15) is 0 Å². The van der Waals surface area contributed by atoms with Crippen molar-refractivity contribution < 1.29 is 4.79 Å². The number of aromatic nitrogens is 2. The molecule has 5 nitrogen and oxygen atoms in total. The predicted molar refractivity (Wildman–Crippen MR) is 70.4 cm³/mol. The van der Waals surface area contributed by atoms with Crippen LogP contribution in [0.4, 0.5) is 11.4 Å². The van der Waals surface area contributed by atoms with E-state index < -0.39 is 0 Å². The molecule has 0 unspecified atom stereocenters. The third-order valence-electron chi connectivity index (χ3n) is 2.69. The Morgan fingerprint density at radius 2 is 2.00 bits per heavy atom. The van der Waals surface area contributed by atoms with Crippen LogP contribution in [-0.2, 0) is 0 Å². The Labute approximate surface area is 105 Å². The molecule has 2 rings (SSSR count). The van der Waals surface area contributed by atoms with Crippen LogP contribution in [0, 0.1) is 6.92 Å². The normalized spacial score (nSPS) is 10.1. The van der Waals surface area contributed by atoms with Crippen LogP contribution in [0.25, 0.3) is 0 Å². The summed E-state index contributed by atoms with van der Waals surface area (Å²) in [5.41, 5.74) is 8.09. The summed E-state index contributed by atoms with van der Waals surface area (Å²) < 4.78 is 0. The highest BCUT2D eigenvalue weighted by atomic mass is 16.2. The van der Waals surface area contributed by atoms with Crippen molar-refractivity contribution in [3.63, 3.8) is 0 Å². The van der Waals surface area contributed by atoms with E-state index >= 15 is 0 Å². The second kappa shape index (κ2) is 4.83. The molecule has 0 aromatic carbocycles. The van der Waals surface area contributed by atoms with Gasteiger partial charge in [0.2, 0.25) is 0 Å². The molecule has 2 heterocycles. The predicted octanol–water partition coefficient (Wildman–Crippen LogP) is 1.64. The average Bonchev–Trinajstić information content (AvgIpc) is 2.41. The molecule has 2 N–H and O–H groups in total. The number of carbonyl (C=O) groups is 1. The van der Waals surface area contributed by atoms with Crippen molar-refractivity contribution in [1.82, 2.24) is 9.97 Å². The first-order valence-electron chi connectivity index (χ1n) is 5.50. The van der Waals surface area contributed by atoms with Crippen LogP contribution in [0.3, 0.4) is 0 Å². The first kappa shape index (κ1) is 12.0. The van der Waals surface area contributed by atoms with E-state index in [0.717, 1.165) is 5.69 Å². The standard InChI is InChI=1S/C13H14N4O/c1-9-12(7-10(14)8-16-9)13(18)17(2)11-3-5-15-6-4-11/h3-8H,14H2,1-2H3. The van der Waals surface area contributed by atoms with Crippen LogP contribution in [0.1, 0.15) is 16.1 Å². The molecule has 18 heavy (non-hydrogen) atoms. The summed E-state index contributed by atoms with van der Waals surface area (Å²) in [7, 11) is 1.71. The Bertz CT molecular complexity index is 568. The molecule has 2 aromatic rings. The second-order valence-electron chi connectivity index (χ2n) is 3.97. The summed E-state index contributed by atoms with van der Waals surface area (Å²) in [5, 5.41) is 0. The summed E-state index contributed by atoms with van der Waals surface area (Å²) in [6.07, 6.45) is 4.83. The summed E-state index contributed by atoms with van der Waals surface area (Å²) >= 11 is 0. The Balaban J connectivity index is 2.34. The number of carbonyl (C=O) groups excluding carboxylic acids is 1. The van der Waals surface area contributed by atoms with E-state index in [1.165, 1.54) is 0 Å². The minimum Gasteiger partial charge on any atom is -0.397 e. The van der Waals surface area contributed by atoms with Crippen LogP contribution in [0.15, 0.2) is 36.8 Å². The third kappa shape index (κ3) is 2.29. The van der Waals surface area contributed by atoms with Crippen molar-refractivity contribution in [3.8, 4) is 0 Å². The van der Waals surface area contributed by atoms with Gasteiger partial charge in [0, 0.05) is 25.1 Å². The van der Waals surface area contributed by atoms with E-state index in [2.05, 4.69) is 9.97 Å². The fraction of sp³-hybridized carbons (Fsp3) is 0.154. The molecule has 92 valence electrons. The molecule has 0 fully saturated rings. The first-order valence-corrected chi connectivity index (χ1v) is 5.50. The summed E-state index contributed by atoms with van der Waals surface area (Å²) in [5.74, 6) is -0.140. The van der Waals surface area contributed by atoms with Gasteiger partial charge < -0.3 is 10.6 Å². The molecule has 1 amide bonds. The summed E-state index contributed by atoms with van der Waals surface area (Å²) in [6, 6.07) is 5.18. The number of hydrogen-bond acceptors (Lipinski definition) is 4. The number of nitrogen functional groups attached to an aromatic ring is 1. The van der Waals surface area contributed by atoms with Crippen molar-refractivity contribution in [3.05, 3.63) is 48.0 Å². The molecule has 0 spiro atoms. The van der Waals surface area contributed by atoms with E-state index in [-0.39, 0.29) is 5.91 Å². The number of rotatable bonds is 2. The highest BCUT2D eigenvalue weighted by Gasteiger charge is 2.16. The van der Waals surface area contributed by atoms with Gasteiger partial charge in [0.1, 0.15) is 0 Å². The fourth-order valence-corrected chi connectivity index (χ4v) is 1.63. The molecular formula is C13H14N4O. The lowest BCUT2D eigenvalue weighted by Gasteiger charge is -2.18. The van der Waals surface area contributed by atoms with Gasteiger partial charge >= 0.3 is 0 Å². The average molecular weight is 242 g/mol. The van der Waals surface area contributed by atoms with Gasteiger partial charge in [-0.05, 0) is 25.1 Å². The topological polar surface area (TPSA) is 72.1 Å². The molecule has 0 aliphatic heterocycles. The van der Waals surface area contributed by atoms with Crippen LogP contribution in [0.5, 0.6) is 0 Å². The summed E-state index contributed by atoms with van der Waals surface area (Å²) in [6.45, 7) is 1.78. The minimum atomic E-state index is -0.140. The van der Waals surface area contributed by atoms with Gasteiger partial charge in [0.25, 0.3) is 5.91 Å². The second-order valence-corrected chi connectivity index (χ2v) is 3.97. The number of nitrogens with two attached hydrogens (primary N) is 1. The lowest BCUT2D eigenvalue weighted by atomic mass is 10.1. The highest BCUT2D eigenvalue weighted by molar-refractivity contribution is 6.06. The Kier molecular flexibility index (Phi) is 3.23. The zero-order valence-electron chi connectivity index (χ0n) is 10.3. The molecule has 5 heteroatoms. The maximum atomic E-state index is 12.3. The van der Waals surface area contributed by atoms with Crippen molar-refractivity contribution in [2.24, 2.45) is 0 Å². The van der Waals surface area contributed by atoms with Crippen molar-refractivity contribution >= 4 is 17.3 Å². The molecule has 0 atom stereocenters. The number of amides is 1. The van der Waals surface area contributed by atoms with Crippen molar-refractivity contribution in [1.29, 1.82) is 0 Å². The quantitative estimate of drug-likeness (QED) is 0.869. The van der Waals surface area contributed by atoms with E-state index in [1.807, 2.05) is 0 Å². The zero-order valence-corrected chi connectivity index (χ0v) is 10.3. The Hall–Kier alpha value is -2.43. The van der Waals surface area contributed by atoms with Crippen LogP contribution < -0.4 is 10.6 Å². The van der Waals surface area contributed by atoms with E-state index in [4.69, 9.17) is 5.73 Å². The number of pyridine rings is 2. The molecular weight excluding hydrogens is 228 g/mol. The van der Waals surface area contributed by atoms with E-state index in [1.54, 1.807) is 55.7 Å². The Morgan fingerprint density at radius 3 is 2.67 bits per heavy atom. The zero-order chi connectivity index (χ0) is 13.1. The van der Waals surface area contributed by atoms with E-state index in [0.29, 0.717) is 16.9 Å². The van der Waals surface area contributed by atoms with Crippen molar-refractivity contribution in [2.45, 2.75) is 6.92 Å². The van der Waals surface area contributed by atoms with Gasteiger partial charge in [0.15, 0.2) is 0 Å². The lowest BCUT2D eigenvalue weighted by molar-refractivity contribution is 0.0992. The SMILES string of the molecule is Cc1ncc(N)cc1C(=O)N(C)c1ccncc1. The number of nitrogens with zero attached hydrogens (tertiary/aromatic N) is 3. The van der Waals surface area contributed by atoms with E-state index in [9.17, 15) is 4.79 Å². The molecule has 0 saturated heterocycles. The monoisotopic (exact) mass is 242 g/mol. The van der Waals surface area contributed by atoms with Crippen LogP contribution >= 0.6 is 0 Å². The van der Waals surface area contributed by atoms with Gasteiger partial charge in [-0.15, -0.1) is 0 Å². The number of hydrogen-bond donors (Lipinski definition) is 1. The Morgan fingerprint density at radius 1 is 1.33 bits per heavy atom. The lowest BCUT2D eigenvalue weighted by Crippen LogP contribution is -2.27. The maximum absolute atomic E-state index is 12.3. The molecule has 0 saturated carbocycles. The van der Waals surface area contributed by atoms with Crippen LogP contribution in [-0.4, -0.2) is 22.9 Å². The van der Waals surface area contributed by atoms with Gasteiger partial charge in [-0.1, -0.05) is 0 Å². The number of anilines is 2. The third-order valence-corrected chi connectivity index (χ3v) is 2.69. The first-order chi connectivity index (χ1) is 8.59. The molecule has 0 aliphatic rings. The fourth-order valence-electron chi connectivity index (χ4n) is 1.63. The van der Waals surface area contributed by atoms with Gasteiger partial charge in [0.05, 0.1) is 23.1 Å². The smallest absolute Gasteiger partial charge is 0.259 e. The summed E-state index contributed by atoms with van der Waals surface area (Å²) in [4.78, 5) is 21.9. The molecule has 0 aliphatic carbocycles. The minimum absolute atomic E-state index is 0.140. The molecule has 2 aromatic heterocycles.